The van der Waals surface area contributed by atoms with Gasteiger partial charge < -0.3 is 10.1 Å². The van der Waals surface area contributed by atoms with E-state index in [0.717, 1.165) is 10.6 Å². The molecule has 1 aromatic heterocycles. The summed E-state index contributed by atoms with van der Waals surface area (Å²) in [5.41, 5.74) is 1.03. The maximum Gasteiger partial charge on any atom is 0.264 e. The van der Waals surface area contributed by atoms with E-state index in [1.165, 1.54) is 62.7 Å². The number of anilines is 3. The van der Waals surface area contributed by atoms with Crippen LogP contribution in [0.3, 0.4) is 0 Å². The number of hydrogen-bond acceptors (Lipinski definition) is 8. The summed E-state index contributed by atoms with van der Waals surface area (Å²) in [6.07, 6.45) is 2.40. The Morgan fingerprint density at radius 2 is 1.75 bits per heavy atom. The Bertz CT molecular complexity index is 1480. The topological polar surface area (TPSA) is 148 Å². The van der Waals surface area contributed by atoms with Crippen LogP contribution in [0.15, 0.2) is 59.6 Å². The summed E-state index contributed by atoms with van der Waals surface area (Å²) in [6.45, 7) is 3.12. The van der Waals surface area contributed by atoms with E-state index in [2.05, 4.69) is 20.0 Å². The van der Waals surface area contributed by atoms with Crippen LogP contribution < -0.4 is 19.1 Å². The van der Waals surface area contributed by atoms with E-state index in [1.807, 2.05) is 0 Å². The first-order chi connectivity index (χ1) is 16.8. The highest BCUT2D eigenvalue weighted by atomic mass is 35.5. The molecule has 36 heavy (non-hydrogen) atoms. The third-order valence-electron chi connectivity index (χ3n) is 4.93. The zero-order chi connectivity index (χ0) is 26.7. The van der Waals surface area contributed by atoms with E-state index in [4.69, 9.17) is 16.3 Å². The number of hydrogen-bond donors (Lipinski definition) is 2. The van der Waals surface area contributed by atoms with Crippen LogP contribution in [0.4, 0.5) is 17.3 Å². The third-order valence-corrected chi connectivity index (χ3v) is 7.81. The number of methoxy groups -OCH3 is 1. The number of ether oxygens (including phenoxy) is 1. The van der Waals surface area contributed by atoms with Crippen molar-refractivity contribution in [2.75, 3.05) is 27.7 Å². The van der Waals surface area contributed by atoms with E-state index >= 15 is 0 Å². The van der Waals surface area contributed by atoms with Crippen LogP contribution in [-0.2, 0) is 24.8 Å². The predicted molar refractivity (Wildman–Crippen MR) is 137 cm³/mol. The van der Waals surface area contributed by atoms with E-state index in [-0.39, 0.29) is 27.2 Å². The summed E-state index contributed by atoms with van der Waals surface area (Å²) in [4.78, 5) is 20.7. The molecule has 3 aromatic rings. The van der Waals surface area contributed by atoms with Crippen molar-refractivity contribution in [1.29, 1.82) is 0 Å². The maximum atomic E-state index is 12.9. The fourth-order valence-corrected chi connectivity index (χ4v) is 5.61. The van der Waals surface area contributed by atoms with Crippen molar-refractivity contribution >= 4 is 54.9 Å². The number of carbonyl (C=O) groups is 1. The number of halogens is 1. The van der Waals surface area contributed by atoms with Gasteiger partial charge in [0.15, 0.2) is 0 Å². The number of carbonyl (C=O) groups excluding carboxylic acids is 1. The largest absolute Gasteiger partial charge is 0.495 e. The Morgan fingerprint density at radius 1 is 1.08 bits per heavy atom. The minimum absolute atomic E-state index is 0.0688. The Labute approximate surface area is 214 Å². The van der Waals surface area contributed by atoms with Gasteiger partial charge in [0.1, 0.15) is 11.8 Å². The van der Waals surface area contributed by atoms with Crippen LogP contribution in [0.25, 0.3) is 0 Å². The molecule has 11 nitrogen and oxygen atoms in total. The van der Waals surface area contributed by atoms with E-state index in [0.29, 0.717) is 11.4 Å². The molecule has 14 heteroatoms. The zero-order valence-corrected chi connectivity index (χ0v) is 22.1. The van der Waals surface area contributed by atoms with Gasteiger partial charge in [-0.1, -0.05) is 11.6 Å². The first-order valence-corrected chi connectivity index (χ1v) is 14.1. The summed E-state index contributed by atoms with van der Waals surface area (Å²) in [5, 5.41) is 2.77. The molecule has 2 aromatic carbocycles. The molecular weight excluding hydrogens is 530 g/mol. The van der Waals surface area contributed by atoms with Crippen molar-refractivity contribution in [2.24, 2.45) is 0 Å². The summed E-state index contributed by atoms with van der Waals surface area (Å²) < 4.78 is 58.6. The number of aromatic nitrogens is 2. The molecule has 1 atom stereocenters. The van der Waals surface area contributed by atoms with Crippen molar-refractivity contribution in [1.82, 2.24) is 9.97 Å². The van der Waals surface area contributed by atoms with Crippen LogP contribution >= 0.6 is 11.6 Å². The minimum atomic E-state index is -3.97. The van der Waals surface area contributed by atoms with Crippen LogP contribution in [0.1, 0.15) is 12.6 Å². The Morgan fingerprint density at radius 3 is 2.31 bits per heavy atom. The number of amides is 1. The van der Waals surface area contributed by atoms with Crippen molar-refractivity contribution in [3.63, 3.8) is 0 Å². The zero-order valence-electron chi connectivity index (χ0n) is 19.8. The molecular formula is C22H24ClN5O6S2. The first-order valence-electron chi connectivity index (χ1n) is 10.4. The van der Waals surface area contributed by atoms with E-state index in [9.17, 15) is 21.6 Å². The quantitative estimate of drug-likeness (QED) is 0.411. The molecule has 0 radical (unpaired) electrons. The molecule has 2 N–H and O–H groups in total. The number of nitrogens with zero attached hydrogens (tertiary/aromatic N) is 3. The number of rotatable bonds is 9. The Balaban J connectivity index is 1.78. The lowest BCUT2D eigenvalue weighted by molar-refractivity contribution is -0.116. The normalized spacial score (nSPS) is 12.5. The van der Waals surface area contributed by atoms with Gasteiger partial charge in [-0.25, -0.2) is 31.5 Å². The minimum Gasteiger partial charge on any atom is -0.495 e. The monoisotopic (exact) mass is 553 g/mol. The third kappa shape index (κ3) is 6.42. The summed E-state index contributed by atoms with van der Waals surface area (Å²) in [5.74, 6) is -0.362. The average molecular weight is 554 g/mol. The van der Waals surface area contributed by atoms with Gasteiger partial charge >= 0.3 is 0 Å². The fraction of sp³-hybridized carbons (Fsp3) is 0.227. The van der Waals surface area contributed by atoms with Crippen LogP contribution in [-0.4, -0.2) is 52.1 Å². The van der Waals surface area contributed by atoms with Gasteiger partial charge in [-0.15, -0.1) is 0 Å². The van der Waals surface area contributed by atoms with Crippen molar-refractivity contribution in [3.05, 3.63) is 65.4 Å². The predicted octanol–water partition coefficient (Wildman–Crippen LogP) is 3.04. The molecule has 0 bridgehead atoms. The van der Waals surface area contributed by atoms with Crippen LogP contribution in [0.5, 0.6) is 5.75 Å². The lowest BCUT2D eigenvalue weighted by Gasteiger charge is -2.28. The maximum absolute atomic E-state index is 12.9. The number of sulfonamides is 2. The number of benzene rings is 2. The van der Waals surface area contributed by atoms with Crippen LogP contribution in [0, 0.1) is 6.92 Å². The molecule has 0 saturated heterocycles. The van der Waals surface area contributed by atoms with Gasteiger partial charge in [-0.05, 0) is 62.4 Å². The molecule has 1 amide bonds. The van der Waals surface area contributed by atoms with Gasteiger partial charge in [0.05, 0.1) is 29.0 Å². The number of aryl methyl sites for hydroxylation is 1. The standard InChI is InChI=1S/C22H24ClN5O6S2/c1-14-11-12-24-22(25-14)27-36(32,33)18-8-5-16(6-9-18)26-21(29)15(2)28(35(4,30)31)17-7-10-20(34-3)19(23)13-17/h5-13,15H,1-4H3,(H,26,29)(H,24,25,27). The Kier molecular flexibility index (Phi) is 8.06. The number of nitrogens with one attached hydrogen (secondary N) is 2. The SMILES string of the molecule is COc1ccc(N(C(C)C(=O)Nc2ccc(S(=O)(=O)Nc3nccc(C)n3)cc2)S(C)(=O)=O)cc1Cl. The van der Waals surface area contributed by atoms with Crippen molar-refractivity contribution in [3.8, 4) is 5.75 Å². The van der Waals surface area contributed by atoms with Gasteiger partial charge in [0, 0.05) is 17.6 Å². The smallest absolute Gasteiger partial charge is 0.264 e. The summed E-state index contributed by atoms with van der Waals surface area (Å²) in [6, 6.07) is 10.2. The van der Waals surface area contributed by atoms with Crippen molar-refractivity contribution < 1.29 is 26.4 Å². The molecule has 0 aliphatic rings. The molecule has 0 aliphatic carbocycles. The molecule has 0 aliphatic heterocycles. The second-order valence-corrected chi connectivity index (χ2v) is 11.6. The molecule has 1 unspecified atom stereocenters. The average Bonchev–Trinajstić information content (AvgIpc) is 2.78. The second kappa shape index (κ2) is 10.7. The molecule has 0 fully saturated rings. The highest BCUT2D eigenvalue weighted by Gasteiger charge is 2.30. The highest BCUT2D eigenvalue weighted by molar-refractivity contribution is 7.92. The molecule has 0 spiro atoms. The highest BCUT2D eigenvalue weighted by Crippen LogP contribution is 2.31. The summed E-state index contributed by atoms with van der Waals surface area (Å²) in [7, 11) is -6.42. The van der Waals surface area contributed by atoms with Gasteiger partial charge in [0.2, 0.25) is 21.9 Å². The Hall–Kier alpha value is -3.42. The second-order valence-electron chi connectivity index (χ2n) is 7.69. The van der Waals surface area contributed by atoms with Crippen LogP contribution in [0.2, 0.25) is 5.02 Å². The van der Waals surface area contributed by atoms with Gasteiger partial charge in [-0.2, -0.15) is 0 Å². The molecule has 0 saturated carbocycles. The first kappa shape index (κ1) is 27.2. The van der Waals surface area contributed by atoms with E-state index in [1.54, 1.807) is 13.0 Å². The molecule has 192 valence electrons. The van der Waals surface area contributed by atoms with Crippen molar-refractivity contribution in [2.45, 2.75) is 24.8 Å². The lowest BCUT2D eigenvalue weighted by Crippen LogP contribution is -2.45. The molecule has 1 heterocycles. The van der Waals surface area contributed by atoms with E-state index < -0.39 is 32.0 Å². The summed E-state index contributed by atoms with van der Waals surface area (Å²) >= 11 is 6.14. The van der Waals surface area contributed by atoms with Gasteiger partial charge in [0.25, 0.3) is 10.0 Å². The fourth-order valence-electron chi connectivity index (χ4n) is 3.24. The molecule has 3 rings (SSSR count). The lowest BCUT2D eigenvalue weighted by atomic mass is 10.2. The van der Waals surface area contributed by atoms with Gasteiger partial charge in [-0.3, -0.25) is 9.10 Å².